The fraction of sp³-hybridized carbons (Fsp3) is 0.593. The summed E-state index contributed by atoms with van der Waals surface area (Å²) < 4.78 is 11.6. The average Bonchev–Trinajstić information content (AvgIpc) is 3.48. The van der Waals surface area contributed by atoms with E-state index in [0.717, 1.165) is 19.3 Å². The number of hydrogen-bond donors (Lipinski definition) is 2. The van der Waals surface area contributed by atoms with Gasteiger partial charge in [-0.05, 0) is 37.3 Å². The Morgan fingerprint density at radius 3 is 2.77 bits per heavy atom. The van der Waals surface area contributed by atoms with E-state index in [9.17, 15) is 14.4 Å². The lowest BCUT2D eigenvalue weighted by Gasteiger charge is -2.35. The van der Waals surface area contributed by atoms with Crippen LogP contribution in [0.2, 0.25) is 0 Å². The summed E-state index contributed by atoms with van der Waals surface area (Å²) in [6, 6.07) is 6.43. The Hall–Kier alpha value is -2.87. The van der Waals surface area contributed by atoms with Crippen LogP contribution in [-0.2, 0) is 19.1 Å². The molecule has 3 fully saturated rings. The molecule has 2 N–H and O–H groups in total. The molecular weight excluding hydrogens is 446 g/mol. The quantitative estimate of drug-likeness (QED) is 0.584. The Morgan fingerprint density at radius 1 is 1.23 bits per heavy atom. The molecule has 8 heteroatoms. The summed E-state index contributed by atoms with van der Waals surface area (Å²) in [5, 5.41) is 6.18. The molecule has 7 atom stereocenters. The number of ether oxygens (including phenoxy) is 2. The zero-order chi connectivity index (χ0) is 24.7. The summed E-state index contributed by atoms with van der Waals surface area (Å²) in [7, 11) is 1.57. The molecule has 2 saturated heterocycles. The second-order valence-electron chi connectivity index (χ2n) is 10.3. The second kappa shape index (κ2) is 9.30. The van der Waals surface area contributed by atoms with Gasteiger partial charge in [0.1, 0.15) is 17.4 Å². The molecule has 1 aromatic rings. The van der Waals surface area contributed by atoms with E-state index >= 15 is 0 Å². The van der Waals surface area contributed by atoms with Crippen LogP contribution >= 0.6 is 0 Å². The molecule has 8 nitrogen and oxygen atoms in total. The predicted octanol–water partition coefficient (Wildman–Crippen LogP) is 2.89. The SMILES string of the molecule is CCCN1C(=O)[C@H]2[C@H](C(=O)Nc3cccc(OC)c3)[C@H]3C=C[C@@]2(O3)[C@@H]1C(=O)N[C@H]1CCCC[C@H]1C. The standard InChI is InChI=1S/C27H35N3O5/c1-4-14-30-23(25(32)29-19-11-6-5-8-16(19)2)27-13-12-20(35-27)21(22(27)26(30)33)24(31)28-17-9-7-10-18(15-17)34-3/h7,9-10,12-13,15-16,19-23H,4-6,8,11,14H2,1-3H3,(H,28,31)(H,29,32)/t16-,19+,20-,21-,22-,23+,27+/m1/s1. The van der Waals surface area contributed by atoms with Crippen molar-refractivity contribution in [3.63, 3.8) is 0 Å². The molecule has 2 bridgehead atoms. The van der Waals surface area contributed by atoms with Gasteiger partial charge in [0.25, 0.3) is 0 Å². The van der Waals surface area contributed by atoms with Crippen LogP contribution in [0.5, 0.6) is 5.75 Å². The lowest BCUT2D eigenvalue weighted by atomic mass is 9.74. The fourth-order valence-electron chi connectivity index (χ4n) is 6.47. The first-order valence-electron chi connectivity index (χ1n) is 12.8. The first-order chi connectivity index (χ1) is 16.9. The number of fused-ring (bicyclic) bond motifs is 1. The van der Waals surface area contributed by atoms with Crippen LogP contribution in [0.25, 0.3) is 0 Å². The highest BCUT2D eigenvalue weighted by atomic mass is 16.5. The van der Waals surface area contributed by atoms with Crippen LogP contribution in [0, 0.1) is 17.8 Å². The summed E-state index contributed by atoms with van der Waals surface area (Å²) in [5.41, 5.74) is -0.526. The van der Waals surface area contributed by atoms with Crippen molar-refractivity contribution in [1.82, 2.24) is 10.2 Å². The number of amides is 3. The Kier molecular flexibility index (Phi) is 6.34. The molecule has 0 aromatic heterocycles. The summed E-state index contributed by atoms with van der Waals surface area (Å²) in [6.07, 6.45) is 8.19. The van der Waals surface area contributed by atoms with E-state index in [4.69, 9.17) is 9.47 Å². The van der Waals surface area contributed by atoms with E-state index in [1.165, 1.54) is 6.42 Å². The van der Waals surface area contributed by atoms with E-state index in [2.05, 4.69) is 17.6 Å². The van der Waals surface area contributed by atoms with Gasteiger partial charge in [0.15, 0.2) is 0 Å². The van der Waals surface area contributed by atoms with Crippen molar-refractivity contribution in [2.75, 3.05) is 19.0 Å². The van der Waals surface area contributed by atoms with Gasteiger partial charge >= 0.3 is 0 Å². The number of carbonyl (C=O) groups is 3. The minimum atomic E-state index is -1.12. The van der Waals surface area contributed by atoms with Crippen molar-refractivity contribution < 1.29 is 23.9 Å². The predicted molar refractivity (Wildman–Crippen MR) is 131 cm³/mol. The topological polar surface area (TPSA) is 97.0 Å². The minimum absolute atomic E-state index is 0.0972. The molecule has 3 heterocycles. The van der Waals surface area contributed by atoms with Crippen LogP contribution in [0.1, 0.15) is 46.0 Å². The van der Waals surface area contributed by atoms with Gasteiger partial charge in [0.2, 0.25) is 17.7 Å². The fourth-order valence-corrected chi connectivity index (χ4v) is 6.47. The maximum atomic E-state index is 13.7. The zero-order valence-corrected chi connectivity index (χ0v) is 20.7. The normalized spacial score (nSPS) is 35.2. The third-order valence-electron chi connectivity index (χ3n) is 8.17. The van der Waals surface area contributed by atoms with E-state index in [-0.39, 0.29) is 23.8 Å². The molecule has 3 aliphatic heterocycles. The van der Waals surface area contributed by atoms with Crippen molar-refractivity contribution >= 4 is 23.4 Å². The molecule has 0 radical (unpaired) electrons. The van der Waals surface area contributed by atoms with E-state index in [0.29, 0.717) is 30.3 Å². The molecule has 188 valence electrons. The largest absolute Gasteiger partial charge is 0.497 e. The van der Waals surface area contributed by atoms with Crippen LogP contribution < -0.4 is 15.4 Å². The van der Waals surface area contributed by atoms with Gasteiger partial charge in [0.05, 0.1) is 25.0 Å². The lowest BCUT2D eigenvalue weighted by Crippen LogP contribution is -2.57. The Balaban J connectivity index is 1.42. The number of anilines is 1. The van der Waals surface area contributed by atoms with Gasteiger partial charge in [-0.15, -0.1) is 0 Å². The molecular formula is C27H35N3O5. The van der Waals surface area contributed by atoms with Crippen LogP contribution in [0.4, 0.5) is 5.69 Å². The number of nitrogens with one attached hydrogen (secondary N) is 2. The highest BCUT2D eigenvalue weighted by molar-refractivity contribution is 6.02. The number of benzene rings is 1. The maximum Gasteiger partial charge on any atom is 0.246 e. The number of nitrogens with zero attached hydrogens (tertiary/aromatic N) is 1. The van der Waals surface area contributed by atoms with Crippen molar-refractivity contribution in [2.45, 2.75) is 69.7 Å². The van der Waals surface area contributed by atoms with E-state index in [1.54, 1.807) is 36.3 Å². The van der Waals surface area contributed by atoms with Crippen molar-refractivity contribution in [3.8, 4) is 5.75 Å². The number of methoxy groups -OCH3 is 1. The van der Waals surface area contributed by atoms with E-state index in [1.807, 2.05) is 19.1 Å². The maximum absolute atomic E-state index is 13.7. The number of likely N-dealkylation sites (tertiary alicyclic amines) is 1. The summed E-state index contributed by atoms with van der Waals surface area (Å²) in [4.78, 5) is 42.5. The molecule has 1 saturated carbocycles. The van der Waals surface area contributed by atoms with Crippen molar-refractivity contribution in [3.05, 3.63) is 36.4 Å². The number of rotatable bonds is 7. The summed E-state index contributed by atoms with van der Waals surface area (Å²) in [6.45, 7) is 4.60. The minimum Gasteiger partial charge on any atom is -0.497 e. The zero-order valence-electron chi connectivity index (χ0n) is 20.7. The highest BCUT2D eigenvalue weighted by Gasteiger charge is 2.72. The molecule has 3 amide bonds. The van der Waals surface area contributed by atoms with Gasteiger partial charge < -0.3 is 25.0 Å². The van der Waals surface area contributed by atoms with Crippen LogP contribution in [0.15, 0.2) is 36.4 Å². The van der Waals surface area contributed by atoms with Crippen LogP contribution in [-0.4, -0.2) is 60.1 Å². The van der Waals surface area contributed by atoms with Gasteiger partial charge in [-0.2, -0.15) is 0 Å². The van der Waals surface area contributed by atoms with Crippen molar-refractivity contribution in [1.29, 1.82) is 0 Å². The number of hydrogen-bond acceptors (Lipinski definition) is 5. The molecule has 4 aliphatic rings. The van der Waals surface area contributed by atoms with Gasteiger partial charge in [-0.1, -0.05) is 44.9 Å². The summed E-state index contributed by atoms with van der Waals surface area (Å²) in [5.74, 6) is -1.04. The second-order valence-corrected chi connectivity index (χ2v) is 10.3. The highest BCUT2D eigenvalue weighted by Crippen LogP contribution is 2.55. The Morgan fingerprint density at radius 2 is 2.03 bits per heavy atom. The molecule has 1 aliphatic carbocycles. The molecule has 0 unspecified atom stereocenters. The molecule has 35 heavy (non-hydrogen) atoms. The first kappa shape index (κ1) is 23.9. The molecule has 5 rings (SSSR count). The summed E-state index contributed by atoms with van der Waals surface area (Å²) >= 11 is 0. The average molecular weight is 482 g/mol. The lowest BCUT2D eigenvalue weighted by molar-refractivity contribution is -0.141. The monoisotopic (exact) mass is 481 g/mol. The number of carbonyl (C=O) groups excluding carboxylic acids is 3. The Bertz CT molecular complexity index is 1040. The van der Waals surface area contributed by atoms with Gasteiger partial charge in [-0.3, -0.25) is 14.4 Å². The van der Waals surface area contributed by atoms with Crippen LogP contribution in [0.3, 0.4) is 0 Å². The van der Waals surface area contributed by atoms with Gasteiger partial charge in [-0.25, -0.2) is 0 Å². The van der Waals surface area contributed by atoms with Gasteiger partial charge in [0, 0.05) is 24.3 Å². The third-order valence-corrected chi connectivity index (χ3v) is 8.17. The smallest absolute Gasteiger partial charge is 0.246 e. The molecule has 1 aromatic carbocycles. The van der Waals surface area contributed by atoms with E-state index < -0.39 is 29.6 Å². The first-order valence-corrected chi connectivity index (χ1v) is 12.8. The van der Waals surface area contributed by atoms with Crippen molar-refractivity contribution in [2.24, 2.45) is 17.8 Å². The third kappa shape index (κ3) is 3.92. The molecule has 1 spiro atoms. The Labute approximate surface area is 206 Å².